The van der Waals surface area contributed by atoms with Gasteiger partial charge in [0.15, 0.2) is 0 Å². The molecule has 0 radical (unpaired) electrons. The smallest absolute Gasteiger partial charge is 0.321 e. The fourth-order valence-electron chi connectivity index (χ4n) is 4.73. The van der Waals surface area contributed by atoms with Crippen LogP contribution in [0.25, 0.3) is 0 Å². The maximum Gasteiger partial charge on any atom is 0.321 e. The molecule has 2 aromatic carbocycles. The second kappa shape index (κ2) is 11.4. The van der Waals surface area contributed by atoms with E-state index in [0.29, 0.717) is 61.5 Å². The van der Waals surface area contributed by atoms with Gasteiger partial charge < -0.3 is 30.1 Å². The Morgan fingerprint density at radius 1 is 1.03 bits per heavy atom. The molecule has 0 aliphatic carbocycles. The van der Waals surface area contributed by atoms with E-state index in [1.54, 1.807) is 35.1 Å². The van der Waals surface area contributed by atoms with Gasteiger partial charge in [-0.2, -0.15) is 0 Å². The number of hydrogen-bond acceptors (Lipinski definition) is 5. The number of nitrogens with zero attached hydrogens (tertiary/aromatic N) is 3. The number of urea groups is 1. The van der Waals surface area contributed by atoms with E-state index in [0.717, 1.165) is 5.69 Å². The molecule has 0 aromatic heterocycles. The van der Waals surface area contributed by atoms with Gasteiger partial charge in [-0.15, -0.1) is 0 Å². The maximum atomic E-state index is 13.7. The quantitative estimate of drug-likeness (QED) is 0.531. The van der Waals surface area contributed by atoms with Gasteiger partial charge in [-0.1, -0.05) is 47.5 Å². The molecule has 4 amide bonds. The highest BCUT2D eigenvalue weighted by Gasteiger charge is 2.54. The summed E-state index contributed by atoms with van der Waals surface area (Å²) in [5.74, 6) is -0.346. The molecule has 9 nitrogen and oxygen atoms in total. The molecule has 0 bridgehead atoms. The summed E-state index contributed by atoms with van der Waals surface area (Å²) in [6, 6.07) is 14.4. The number of carbonyl (C=O) groups is 3. The van der Waals surface area contributed by atoms with Gasteiger partial charge in [-0.05, 0) is 37.1 Å². The lowest BCUT2D eigenvalue weighted by molar-refractivity contribution is -0.137. The SMILES string of the molecule is COCCNC(=O)CN1CN(c2ccccc2)C2(CCN(C(=O)Nc3c(Cl)cccc3Cl)CC2)C1=O. The lowest BCUT2D eigenvalue weighted by Crippen LogP contribution is -2.58. The molecule has 2 heterocycles. The summed E-state index contributed by atoms with van der Waals surface area (Å²) in [5.41, 5.74) is 0.418. The Hall–Kier alpha value is -3.01. The Kier molecular flexibility index (Phi) is 8.23. The third kappa shape index (κ3) is 5.38. The third-order valence-electron chi connectivity index (χ3n) is 6.62. The van der Waals surface area contributed by atoms with Gasteiger partial charge >= 0.3 is 6.03 Å². The van der Waals surface area contributed by atoms with E-state index < -0.39 is 5.54 Å². The molecule has 4 rings (SSSR count). The summed E-state index contributed by atoms with van der Waals surface area (Å²) in [6.45, 7) is 1.75. The molecule has 2 fully saturated rings. The van der Waals surface area contributed by atoms with Crippen molar-refractivity contribution in [3.63, 3.8) is 0 Å². The number of likely N-dealkylation sites (tertiary alicyclic amines) is 1. The van der Waals surface area contributed by atoms with Crippen molar-refractivity contribution in [3.05, 3.63) is 58.6 Å². The first-order chi connectivity index (χ1) is 17.4. The second-order valence-corrected chi connectivity index (χ2v) is 9.61. The maximum absolute atomic E-state index is 13.7. The lowest BCUT2D eigenvalue weighted by Gasteiger charge is -2.43. The van der Waals surface area contributed by atoms with Crippen molar-refractivity contribution >= 4 is 52.4 Å². The molecule has 0 unspecified atom stereocenters. The van der Waals surface area contributed by atoms with Crippen LogP contribution in [0, 0.1) is 0 Å². The normalized spacial score (nSPS) is 17.0. The number of benzene rings is 2. The van der Waals surface area contributed by atoms with Crippen LogP contribution in [0.1, 0.15) is 12.8 Å². The minimum Gasteiger partial charge on any atom is -0.383 e. The number of piperidine rings is 1. The zero-order valence-corrected chi connectivity index (χ0v) is 21.5. The van der Waals surface area contributed by atoms with Crippen LogP contribution < -0.4 is 15.5 Å². The third-order valence-corrected chi connectivity index (χ3v) is 7.25. The van der Waals surface area contributed by atoms with Gasteiger partial charge in [0.05, 0.1) is 29.0 Å². The standard InChI is InChI=1S/C25H29Cl2N5O4/c1-36-15-12-28-21(33)16-31-17-32(18-6-3-2-4-7-18)25(23(31)34)10-13-30(14-11-25)24(35)29-22-19(26)8-5-9-20(22)27/h2-9H,10-17H2,1H3,(H,28,33)(H,29,35). The number of amides is 4. The van der Waals surface area contributed by atoms with Crippen molar-refractivity contribution in [2.24, 2.45) is 0 Å². The Balaban J connectivity index is 1.48. The minimum absolute atomic E-state index is 0.0389. The number of hydrogen-bond donors (Lipinski definition) is 2. The molecule has 36 heavy (non-hydrogen) atoms. The molecule has 0 saturated carbocycles. The average molecular weight is 534 g/mol. The van der Waals surface area contributed by atoms with E-state index in [4.69, 9.17) is 27.9 Å². The van der Waals surface area contributed by atoms with Crippen molar-refractivity contribution in [2.45, 2.75) is 18.4 Å². The fourth-order valence-corrected chi connectivity index (χ4v) is 5.22. The summed E-state index contributed by atoms with van der Waals surface area (Å²) in [5, 5.41) is 6.27. The predicted octanol–water partition coefficient (Wildman–Crippen LogP) is 3.43. The van der Waals surface area contributed by atoms with E-state index in [-0.39, 0.29) is 24.4 Å². The zero-order chi connectivity index (χ0) is 25.7. The van der Waals surface area contributed by atoms with Crippen LogP contribution in [0.2, 0.25) is 10.0 Å². The van der Waals surface area contributed by atoms with E-state index in [9.17, 15) is 14.4 Å². The van der Waals surface area contributed by atoms with Crippen LogP contribution in [0.4, 0.5) is 16.2 Å². The van der Waals surface area contributed by atoms with Crippen LogP contribution in [0.3, 0.4) is 0 Å². The van der Waals surface area contributed by atoms with Gasteiger partial charge in [0.2, 0.25) is 5.91 Å². The molecular weight excluding hydrogens is 505 g/mol. The molecule has 11 heteroatoms. The van der Waals surface area contributed by atoms with Crippen LogP contribution in [-0.4, -0.2) is 79.7 Å². The summed E-state index contributed by atoms with van der Waals surface area (Å²) in [7, 11) is 1.56. The largest absolute Gasteiger partial charge is 0.383 e. The zero-order valence-electron chi connectivity index (χ0n) is 20.0. The molecule has 2 aliphatic heterocycles. The van der Waals surface area contributed by atoms with Crippen molar-refractivity contribution in [2.75, 3.05) is 56.8 Å². The highest BCUT2D eigenvalue weighted by molar-refractivity contribution is 6.39. The Morgan fingerprint density at radius 2 is 1.69 bits per heavy atom. The summed E-state index contributed by atoms with van der Waals surface area (Å²) >= 11 is 12.4. The second-order valence-electron chi connectivity index (χ2n) is 8.80. The van der Waals surface area contributed by atoms with Crippen LogP contribution >= 0.6 is 23.2 Å². The monoisotopic (exact) mass is 533 g/mol. The number of anilines is 2. The van der Waals surface area contributed by atoms with Gasteiger partial charge in [-0.25, -0.2) is 4.79 Å². The van der Waals surface area contributed by atoms with Crippen molar-refractivity contribution in [1.82, 2.24) is 15.1 Å². The lowest BCUT2D eigenvalue weighted by atomic mass is 9.85. The van der Waals surface area contributed by atoms with E-state index in [1.165, 1.54) is 0 Å². The first-order valence-corrected chi connectivity index (χ1v) is 12.5. The average Bonchev–Trinajstić information content (AvgIpc) is 3.13. The molecule has 192 valence electrons. The van der Waals surface area contributed by atoms with Crippen LogP contribution in [0.15, 0.2) is 48.5 Å². The van der Waals surface area contributed by atoms with Crippen LogP contribution in [0.5, 0.6) is 0 Å². The number of para-hydroxylation sites is 2. The highest BCUT2D eigenvalue weighted by Crippen LogP contribution is 2.39. The molecule has 2 aromatic rings. The molecule has 2 N–H and O–H groups in total. The van der Waals surface area contributed by atoms with Crippen molar-refractivity contribution < 1.29 is 19.1 Å². The summed E-state index contributed by atoms with van der Waals surface area (Å²) in [6.07, 6.45) is 0.846. The number of ether oxygens (including phenoxy) is 1. The van der Waals surface area contributed by atoms with Gasteiger partial charge in [0.25, 0.3) is 5.91 Å². The molecular formula is C25H29Cl2N5O4. The van der Waals surface area contributed by atoms with E-state index >= 15 is 0 Å². The molecule has 0 atom stereocenters. The van der Waals surface area contributed by atoms with E-state index in [2.05, 4.69) is 15.5 Å². The van der Waals surface area contributed by atoms with Gasteiger partial charge in [-0.3, -0.25) is 9.59 Å². The predicted molar refractivity (Wildman–Crippen MR) is 139 cm³/mol. The van der Waals surface area contributed by atoms with Crippen molar-refractivity contribution in [3.8, 4) is 0 Å². The number of halogens is 2. The van der Waals surface area contributed by atoms with Crippen LogP contribution in [-0.2, 0) is 14.3 Å². The summed E-state index contributed by atoms with van der Waals surface area (Å²) < 4.78 is 4.97. The number of nitrogens with one attached hydrogen (secondary N) is 2. The Morgan fingerprint density at radius 3 is 2.33 bits per heavy atom. The number of carbonyl (C=O) groups excluding carboxylic acids is 3. The Labute approximate surface area is 220 Å². The highest BCUT2D eigenvalue weighted by atomic mass is 35.5. The Bertz CT molecular complexity index is 1090. The number of rotatable bonds is 7. The van der Waals surface area contributed by atoms with Crippen molar-refractivity contribution in [1.29, 1.82) is 0 Å². The molecule has 2 saturated heterocycles. The van der Waals surface area contributed by atoms with Gasteiger partial charge in [0, 0.05) is 32.4 Å². The van der Waals surface area contributed by atoms with Gasteiger partial charge in [0.1, 0.15) is 12.1 Å². The van der Waals surface area contributed by atoms with E-state index in [1.807, 2.05) is 30.3 Å². The fraction of sp³-hybridized carbons (Fsp3) is 0.400. The number of methoxy groups -OCH3 is 1. The minimum atomic E-state index is -0.840. The summed E-state index contributed by atoms with van der Waals surface area (Å²) in [4.78, 5) is 44.4. The molecule has 1 spiro atoms. The first-order valence-electron chi connectivity index (χ1n) is 11.7. The topological polar surface area (TPSA) is 94.2 Å². The molecule has 2 aliphatic rings. The first kappa shape index (κ1) is 26.1.